The number of imide groups is 1. The van der Waals surface area contributed by atoms with Gasteiger partial charge in [-0.25, -0.2) is 4.79 Å². The van der Waals surface area contributed by atoms with Gasteiger partial charge in [-0.2, -0.15) is 0 Å². The first-order valence-electron chi connectivity index (χ1n) is 9.69. The lowest BCUT2D eigenvalue weighted by Crippen LogP contribution is -2.36. The van der Waals surface area contributed by atoms with Crippen molar-refractivity contribution in [2.45, 2.75) is 13.8 Å². The number of hydrogen-bond donors (Lipinski definition) is 1. The van der Waals surface area contributed by atoms with Crippen LogP contribution in [-0.4, -0.2) is 48.2 Å². The highest BCUT2D eigenvalue weighted by Gasteiger charge is 2.36. The topological polar surface area (TPSA) is 102 Å². The van der Waals surface area contributed by atoms with Gasteiger partial charge in [-0.05, 0) is 66.6 Å². The molecule has 0 bridgehead atoms. The zero-order valence-electron chi connectivity index (χ0n) is 17.8. The number of rotatable bonds is 7. The maximum Gasteiger partial charge on any atom is 0.343 e. The van der Waals surface area contributed by atoms with Crippen LogP contribution in [0, 0.1) is 13.8 Å². The number of esters is 1. The van der Waals surface area contributed by atoms with Crippen LogP contribution in [0.5, 0.6) is 5.75 Å². The summed E-state index contributed by atoms with van der Waals surface area (Å²) in [6.07, 6.45) is 1.57. The van der Waals surface area contributed by atoms with Crippen LogP contribution in [0.4, 0.5) is 10.5 Å². The van der Waals surface area contributed by atoms with Crippen molar-refractivity contribution in [2.24, 2.45) is 0 Å². The van der Waals surface area contributed by atoms with E-state index in [9.17, 15) is 19.2 Å². The van der Waals surface area contributed by atoms with Gasteiger partial charge in [0.2, 0.25) is 5.91 Å². The van der Waals surface area contributed by atoms with Crippen LogP contribution in [0.25, 0.3) is 6.08 Å². The summed E-state index contributed by atoms with van der Waals surface area (Å²) < 4.78 is 9.78. The van der Waals surface area contributed by atoms with Crippen molar-refractivity contribution in [3.8, 4) is 5.75 Å². The lowest BCUT2D eigenvalue weighted by atomic mass is 10.1. The number of thioether (sulfide) groups is 1. The molecule has 0 aliphatic carbocycles. The third-order valence-corrected chi connectivity index (χ3v) is 5.51. The number of carbonyl (C=O) groups is 4. The second kappa shape index (κ2) is 10.1. The van der Waals surface area contributed by atoms with Gasteiger partial charge in [-0.1, -0.05) is 24.3 Å². The third kappa shape index (κ3) is 5.76. The number of hydrogen-bond acceptors (Lipinski definition) is 7. The fourth-order valence-corrected chi connectivity index (χ4v) is 3.69. The molecule has 1 heterocycles. The van der Waals surface area contributed by atoms with Gasteiger partial charge in [-0.3, -0.25) is 19.3 Å². The Hall–Kier alpha value is -3.59. The average Bonchev–Trinajstić information content (AvgIpc) is 3.02. The Bertz CT molecular complexity index is 1090. The predicted molar refractivity (Wildman–Crippen MR) is 121 cm³/mol. The van der Waals surface area contributed by atoms with Gasteiger partial charge >= 0.3 is 5.97 Å². The minimum atomic E-state index is -0.526. The van der Waals surface area contributed by atoms with Crippen molar-refractivity contribution < 1.29 is 28.7 Å². The molecule has 8 nitrogen and oxygen atoms in total. The van der Waals surface area contributed by atoms with Crippen LogP contribution in [0.2, 0.25) is 0 Å². The van der Waals surface area contributed by atoms with E-state index in [1.165, 1.54) is 7.11 Å². The lowest BCUT2D eigenvalue weighted by Gasteiger charge is -2.14. The zero-order chi connectivity index (χ0) is 23.3. The van der Waals surface area contributed by atoms with Gasteiger partial charge in [0, 0.05) is 5.69 Å². The molecule has 0 aromatic heterocycles. The monoisotopic (exact) mass is 454 g/mol. The smallest absolute Gasteiger partial charge is 0.343 e. The number of amides is 3. The van der Waals surface area contributed by atoms with Crippen molar-refractivity contribution in [3.63, 3.8) is 0 Å². The van der Waals surface area contributed by atoms with Crippen LogP contribution in [0.1, 0.15) is 16.7 Å². The van der Waals surface area contributed by atoms with Gasteiger partial charge in [0.05, 0.1) is 12.0 Å². The van der Waals surface area contributed by atoms with Crippen LogP contribution >= 0.6 is 11.8 Å². The van der Waals surface area contributed by atoms with Gasteiger partial charge in [-0.15, -0.1) is 0 Å². The van der Waals surface area contributed by atoms with Crippen LogP contribution in [0.3, 0.4) is 0 Å². The maximum atomic E-state index is 12.7. The van der Waals surface area contributed by atoms with E-state index in [1.807, 2.05) is 32.0 Å². The number of benzene rings is 2. The molecule has 0 spiro atoms. The second-order valence-electron chi connectivity index (χ2n) is 7.07. The molecule has 1 aliphatic rings. The number of carbonyl (C=O) groups excluding carboxylic acids is 4. The molecule has 1 N–H and O–H groups in total. The number of nitrogens with zero attached hydrogens (tertiary/aromatic N) is 1. The van der Waals surface area contributed by atoms with Gasteiger partial charge in [0.1, 0.15) is 12.3 Å². The van der Waals surface area contributed by atoms with Crippen LogP contribution in [-0.2, 0) is 19.1 Å². The molecule has 2 aromatic rings. The van der Waals surface area contributed by atoms with Crippen molar-refractivity contribution in [1.29, 1.82) is 0 Å². The molecule has 1 fully saturated rings. The first-order valence-corrected chi connectivity index (χ1v) is 10.5. The fraction of sp³-hybridized carbons (Fsp3) is 0.217. The fourth-order valence-electron chi connectivity index (χ4n) is 2.85. The normalized spacial score (nSPS) is 14.6. The van der Waals surface area contributed by atoms with Crippen LogP contribution in [0.15, 0.2) is 47.4 Å². The van der Waals surface area contributed by atoms with Crippen molar-refractivity contribution >= 4 is 46.5 Å². The minimum absolute atomic E-state index is 0.209. The van der Waals surface area contributed by atoms with E-state index in [1.54, 1.807) is 30.3 Å². The highest BCUT2D eigenvalue weighted by molar-refractivity contribution is 8.18. The highest BCUT2D eigenvalue weighted by Crippen LogP contribution is 2.32. The largest absolute Gasteiger partial charge is 0.482 e. The van der Waals surface area contributed by atoms with E-state index >= 15 is 0 Å². The van der Waals surface area contributed by atoms with E-state index in [4.69, 9.17) is 4.74 Å². The Labute approximate surface area is 189 Å². The molecule has 0 radical (unpaired) electrons. The molecule has 166 valence electrons. The highest BCUT2D eigenvalue weighted by atomic mass is 32.2. The Morgan fingerprint density at radius 2 is 1.81 bits per heavy atom. The quantitative estimate of drug-likeness (QED) is 0.504. The summed E-state index contributed by atoms with van der Waals surface area (Å²) in [6.45, 7) is 3.20. The molecule has 9 heteroatoms. The van der Waals surface area contributed by atoms with E-state index in [-0.39, 0.29) is 18.1 Å². The number of nitrogens with one attached hydrogen (secondary N) is 1. The Kier molecular flexibility index (Phi) is 7.32. The average molecular weight is 455 g/mol. The molecule has 3 rings (SSSR count). The molecule has 1 aliphatic heterocycles. The summed E-state index contributed by atoms with van der Waals surface area (Å²) in [4.78, 5) is 49.7. The molecular formula is C23H22N2O6S. The summed E-state index contributed by atoms with van der Waals surface area (Å²) in [6, 6.07) is 12.3. The Morgan fingerprint density at radius 3 is 2.50 bits per heavy atom. The van der Waals surface area contributed by atoms with E-state index < -0.39 is 23.0 Å². The van der Waals surface area contributed by atoms with Crippen molar-refractivity contribution in [3.05, 3.63) is 64.1 Å². The summed E-state index contributed by atoms with van der Waals surface area (Å²) in [5.41, 5.74) is 3.19. The summed E-state index contributed by atoms with van der Waals surface area (Å²) in [5.74, 6) is -1.01. The summed E-state index contributed by atoms with van der Waals surface area (Å²) >= 11 is 0.778. The Morgan fingerprint density at radius 1 is 1.09 bits per heavy atom. The minimum Gasteiger partial charge on any atom is -0.482 e. The Balaban J connectivity index is 1.63. The second-order valence-corrected chi connectivity index (χ2v) is 8.06. The molecule has 1 saturated heterocycles. The standard InChI is InChI=1S/C23H22N2O6S/c1-14-4-5-15(2)18(10-14)24-20(26)12-25-22(28)19(32-23(25)29)11-16-6-8-17(9-7-16)31-13-21(27)30-3/h4-11H,12-13H2,1-3H3,(H,24,26)/b19-11-. The van der Waals surface area contributed by atoms with Gasteiger partial charge in [0.15, 0.2) is 6.61 Å². The van der Waals surface area contributed by atoms with Crippen LogP contribution < -0.4 is 10.1 Å². The number of ether oxygens (including phenoxy) is 2. The summed E-state index contributed by atoms with van der Waals surface area (Å²) in [7, 11) is 1.27. The molecule has 0 saturated carbocycles. The number of anilines is 1. The zero-order valence-corrected chi connectivity index (χ0v) is 18.7. The van der Waals surface area contributed by atoms with E-state index in [2.05, 4.69) is 10.1 Å². The summed E-state index contributed by atoms with van der Waals surface area (Å²) in [5, 5.41) is 2.25. The molecule has 2 aromatic carbocycles. The first-order chi connectivity index (χ1) is 15.3. The SMILES string of the molecule is COC(=O)COc1ccc(/C=C2\SC(=O)N(CC(=O)Nc3cc(C)ccc3C)C2=O)cc1. The lowest BCUT2D eigenvalue weighted by molar-refractivity contribution is -0.142. The molecule has 0 unspecified atom stereocenters. The predicted octanol–water partition coefficient (Wildman–Crippen LogP) is 3.53. The maximum absolute atomic E-state index is 12.7. The van der Waals surface area contributed by atoms with Gasteiger partial charge < -0.3 is 14.8 Å². The number of aryl methyl sites for hydroxylation is 2. The van der Waals surface area contributed by atoms with Gasteiger partial charge in [0.25, 0.3) is 11.1 Å². The van der Waals surface area contributed by atoms with Crippen molar-refractivity contribution in [2.75, 3.05) is 25.6 Å². The van der Waals surface area contributed by atoms with E-state index in [0.29, 0.717) is 17.0 Å². The molecule has 32 heavy (non-hydrogen) atoms. The van der Waals surface area contributed by atoms with E-state index in [0.717, 1.165) is 27.8 Å². The molecular weight excluding hydrogens is 432 g/mol. The van der Waals surface area contributed by atoms with Crippen molar-refractivity contribution in [1.82, 2.24) is 4.90 Å². The third-order valence-electron chi connectivity index (χ3n) is 4.60. The molecule has 3 amide bonds. The first kappa shape index (κ1) is 23.1. The molecule has 0 atom stereocenters. The number of methoxy groups -OCH3 is 1.